The molecule has 0 unspecified atom stereocenters. The van der Waals surface area contributed by atoms with Gasteiger partial charge < -0.3 is 15.6 Å². The van der Waals surface area contributed by atoms with Crippen LogP contribution in [0.1, 0.15) is 22.3 Å². The Morgan fingerprint density at radius 1 is 1.12 bits per heavy atom. The van der Waals surface area contributed by atoms with Gasteiger partial charge in [-0.15, -0.1) is 0 Å². The van der Waals surface area contributed by atoms with E-state index in [1.54, 1.807) is 0 Å². The maximum absolute atomic E-state index is 12.3. The van der Waals surface area contributed by atoms with Gasteiger partial charge in [0.15, 0.2) is 5.11 Å². The number of benzene rings is 2. The van der Waals surface area contributed by atoms with Gasteiger partial charge in [0.25, 0.3) is 5.56 Å². The first-order valence-corrected chi connectivity index (χ1v) is 9.08. The molecule has 0 aliphatic heterocycles. The summed E-state index contributed by atoms with van der Waals surface area (Å²) in [6.45, 7) is 6.75. The molecule has 3 aromatic rings. The molecule has 0 atom stereocenters. The van der Waals surface area contributed by atoms with E-state index in [0.29, 0.717) is 18.1 Å². The Hall–Kier alpha value is -2.66. The van der Waals surface area contributed by atoms with E-state index in [0.717, 1.165) is 27.7 Å². The lowest BCUT2D eigenvalue weighted by molar-refractivity contribution is 0.863. The van der Waals surface area contributed by atoms with Gasteiger partial charge in [0, 0.05) is 23.3 Å². The molecule has 1 aromatic heterocycles. The summed E-state index contributed by atoms with van der Waals surface area (Å²) in [6, 6.07) is 14.1. The fraction of sp³-hybridized carbons (Fsp3) is 0.238. The lowest BCUT2D eigenvalue weighted by Gasteiger charge is -2.13. The number of aromatic nitrogens is 1. The quantitative estimate of drug-likeness (QED) is 0.612. The Bertz CT molecular complexity index is 1020. The number of fused-ring (bicyclic) bond motifs is 1. The van der Waals surface area contributed by atoms with Gasteiger partial charge in [0.2, 0.25) is 0 Å². The van der Waals surface area contributed by atoms with Crippen LogP contribution >= 0.6 is 12.2 Å². The molecule has 0 saturated carbocycles. The van der Waals surface area contributed by atoms with Crippen molar-refractivity contribution >= 4 is 33.9 Å². The van der Waals surface area contributed by atoms with Crippen LogP contribution in [-0.4, -0.2) is 16.6 Å². The first-order chi connectivity index (χ1) is 12.4. The molecule has 0 fully saturated rings. The summed E-state index contributed by atoms with van der Waals surface area (Å²) in [4.78, 5) is 15.2. The van der Waals surface area contributed by atoms with Gasteiger partial charge in [-0.3, -0.25) is 4.79 Å². The lowest BCUT2D eigenvalue weighted by Crippen LogP contribution is -2.31. The highest BCUT2D eigenvalue weighted by atomic mass is 32.1. The number of hydrogen-bond acceptors (Lipinski definition) is 2. The number of pyridine rings is 1. The van der Waals surface area contributed by atoms with E-state index in [2.05, 4.69) is 35.5 Å². The molecule has 0 radical (unpaired) electrons. The van der Waals surface area contributed by atoms with Crippen LogP contribution in [0.2, 0.25) is 0 Å². The van der Waals surface area contributed by atoms with E-state index in [1.807, 2.05) is 43.3 Å². The van der Waals surface area contributed by atoms with Crippen LogP contribution in [0, 0.1) is 20.8 Å². The second-order valence-electron chi connectivity index (χ2n) is 6.59. The minimum atomic E-state index is -0.0432. The van der Waals surface area contributed by atoms with Crippen LogP contribution in [0.15, 0.2) is 47.3 Å². The van der Waals surface area contributed by atoms with E-state index >= 15 is 0 Å². The first-order valence-electron chi connectivity index (χ1n) is 8.67. The van der Waals surface area contributed by atoms with Gasteiger partial charge in [-0.1, -0.05) is 24.3 Å². The molecular formula is C21H23N3OS. The number of nitrogens with one attached hydrogen (secondary N) is 3. The predicted octanol–water partition coefficient (Wildman–Crippen LogP) is 3.98. The highest BCUT2D eigenvalue weighted by Crippen LogP contribution is 2.17. The highest BCUT2D eigenvalue weighted by molar-refractivity contribution is 7.80. The maximum atomic E-state index is 12.3. The summed E-state index contributed by atoms with van der Waals surface area (Å²) in [5, 5.41) is 8.00. The van der Waals surface area contributed by atoms with Crippen LogP contribution < -0.4 is 16.2 Å². The Labute approximate surface area is 158 Å². The Kier molecular flexibility index (Phi) is 5.38. The minimum absolute atomic E-state index is 0.0432. The molecule has 0 aliphatic rings. The monoisotopic (exact) mass is 365 g/mol. The number of aromatic amines is 1. The number of anilines is 1. The molecule has 0 saturated heterocycles. The van der Waals surface area contributed by atoms with Crippen molar-refractivity contribution < 1.29 is 0 Å². The molecule has 3 rings (SSSR count). The van der Waals surface area contributed by atoms with Crippen LogP contribution in [-0.2, 0) is 6.42 Å². The van der Waals surface area contributed by atoms with Crippen molar-refractivity contribution in [3.63, 3.8) is 0 Å². The summed E-state index contributed by atoms with van der Waals surface area (Å²) in [7, 11) is 0. The third kappa shape index (κ3) is 4.11. The van der Waals surface area contributed by atoms with E-state index in [4.69, 9.17) is 12.2 Å². The van der Waals surface area contributed by atoms with Gasteiger partial charge in [-0.2, -0.15) is 0 Å². The second-order valence-corrected chi connectivity index (χ2v) is 7.00. The smallest absolute Gasteiger partial charge is 0.251 e. The summed E-state index contributed by atoms with van der Waals surface area (Å²) in [6.07, 6.45) is 0.605. The molecule has 134 valence electrons. The van der Waals surface area contributed by atoms with Crippen molar-refractivity contribution in [1.82, 2.24) is 10.3 Å². The zero-order chi connectivity index (χ0) is 18.7. The molecule has 3 N–H and O–H groups in total. The molecule has 4 nitrogen and oxygen atoms in total. The van der Waals surface area contributed by atoms with Crippen molar-refractivity contribution in [1.29, 1.82) is 0 Å². The van der Waals surface area contributed by atoms with E-state index in [1.165, 1.54) is 11.1 Å². The number of thiocarbonyl (C=S) groups is 1. The molecule has 0 amide bonds. The minimum Gasteiger partial charge on any atom is -0.362 e. The average molecular weight is 366 g/mol. The molecule has 0 aliphatic carbocycles. The maximum Gasteiger partial charge on any atom is 0.251 e. The Morgan fingerprint density at radius 3 is 2.73 bits per heavy atom. The van der Waals surface area contributed by atoms with E-state index in [9.17, 15) is 4.79 Å². The van der Waals surface area contributed by atoms with Crippen LogP contribution in [0.3, 0.4) is 0 Å². The summed E-state index contributed by atoms with van der Waals surface area (Å²) >= 11 is 5.37. The Morgan fingerprint density at radius 2 is 1.92 bits per heavy atom. The largest absolute Gasteiger partial charge is 0.362 e. The Balaban J connectivity index is 1.62. The van der Waals surface area contributed by atoms with Crippen molar-refractivity contribution in [2.45, 2.75) is 27.2 Å². The van der Waals surface area contributed by atoms with E-state index < -0.39 is 0 Å². The zero-order valence-electron chi connectivity index (χ0n) is 15.3. The van der Waals surface area contributed by atoms with Gasteiger partial charge in [0.1, 0.15) is 0 Å². The fourth-order valence-electron chi connectivity index (χ4n) is 2.91. The predicted molar refractivity (Wildman–Crippen MR) is 113 cm³/mol. The molecule has 1 heterocycles. The van der Waals surface area contributed by atoms with Crippen molar-refractivity contribution in [2.75, 3.05) is 11.9 Å². The molecular weight excluding hydrogens is 342 g/mol. The number of aryl methyl sites for hydroxylation is 2. The van der Waals surface area contributed by atoms with Gasteiger partial charge in [-0.05, 0) is 79.7 Å². The fourth-order valence-corrected chi connectivity index (χ4v) is 3.12. The summed E-state index contributed by atoms with van der Waals surface area (Å²) in [5.41, 5.74) is 6.11. The molecule has 26 heavy (non-hydrogen) atoms. The topological polar surface area (TPSA) is 56.9 Å². The summed E-state index contributed by atoms with van der Waals surface area (Å²) in [5.74, 6) is 0. The normalized spacial score (nSPS) is 10.7. The molecule has 5 heteroatoms. The van der Waals surface area contributed by atoms with Crippen LogP contribution in [0.5, 0.6) is 0 Å². The van der Waals surface area contributed by atoms with Gasteiger partial charge >= 0.3 is 0 Å². The second kappa shape index (κ2) is 7.70. The van der Waals surface area contributed by atoms with Crippen molar-refractivity contribution in [3.05, 3.63) is 75.1 Å². The van der Waals surface area contributed by atoms with Crippen molar-refractivity contribution in [3.8, 4) is 0 Å². The van der Waals surface area contributed by atoms with Crippen LogP contribution in [0.4, 0.5) is 5.69 Å². The highest BCUT2D eigenvalue weighted by Gasteiger charge is 2.05. The van der Waals surface area contributed by atoms with Gasteiger partial charge in [-0.25, -0.2) is 0 Å². The number of rotatable bonds is 4. The number of hydrogen-bond donors (Lipinski definition) is 3. The first kappa shape index (κ1) is 18.1. The standard InChI is InChI=1S/C21H23N3OS/c1-13-7-8-16-12-17(20(25)23-19(16)11-13)9-10-22-21(26)24-18-6-4-5-14(2)15(18)3/h4-8,11-12H,9-10H2,1-3H3,(H,23,25)(H2,22,24,26). The zero-order valence-corrected chi connectivity index (χ0v) is 16.1. The third-order valence-corrected chi connectivity index (χ3v) is 4.86. The van der Waals surface area contributed by atoms with Crippen molar-refractivity contribution in [2.24, 2.45) is 0 Å². The third-order valence-electron chi connectivity index (χ3n) is 4.61. The van der Waals surface area contributed by atoms with E-state index in [-0.39, 0.29) is 5.56 Å². The molecule has 0 bridgehead atoms. The number of H-pyrrole nitrogens is 1. The SMILES string of the molecule is Cc1ccc2cc(CCNC(=S)Nc3cccc(C)c3C)c(=O)[nH]c2c1. The lowest BCUT2D eigenvalue weighted by atomic mass is 10.1. The summed E-state index contributed by atoms with van der Waals surface area (Å²) < 4.78 is 0. The average Bonchev–Trinajstić information content (AvgIpc) is 2.59. The molecule has 0 spiro atoms. The van der Waals surface area contributed by atoms with Crippen LogP contribution in [0.25, 0.3) is 10.9 Å². The van der Waals surface area contributed by atoms with Gasteiger partial charge in [0.05, 0.1) is 0 Å². The molecule has 2 aromatic carbocycles.